The molecule has 0 saturated carbocycles. The average molecular weight is 518 g/mol. The van der Waals surface area contributed by atoms with Gasteiger partial charge in [-0.2, -0.15) is 0 Å². The maximum Gasteiger partial charge on any atom is 0.414 e. The normalized spacial score (nSPS) is 18.3. The van der Waals surface area contributed by atoms with Crippen LogP contribution in [0.1, 0.15) is 60.3 Å². The molecule has 2 aliphatic rings. The maximum absolute atomic E-state index is 13.6. The zero-order valence-corrected chi connectivity index (χ0v) is 22.9. The fourth-order valence-electron chi connectivity index (χ4n) is 5.87. The van der Waals surface area contributed by atoms with Gasteiger partial charge in [-0.05, 0) is 78.1 Å². The molecular formula is C34H31NO4. The minimum Gasteiger partial charge on any atom is -0.497 e. The molecule has 1 atom stereocenters. The van der Waals surface area contributed by atoms with Crippen molar-refractivity contribution in [2.75, 3.05) is 18.6 Å². The Labute approximate surface area is 228 Å². The second kappa shape index (κ2) is 9.12. The molecule has 1 amide bonds. The van der Waals surface area contributed by atoms with Crippen LogP contribution in [0.5, 0.6) is 5.75 Å². The number of methoxy groups -OCH3 is 1. The van der Waals surface area contributed by atoms with Crippen LogP contribution in [-0.4, -0.2) is 31.1 Å². The minimum absolute atomic E-state index is 0.00425. The summed E-state index contributed by atoms with van der Waals surface area (Å²) >= 11 is 0. The van der Waals surface area contributed by atoms with Crippen LogP contribution in [-0.2, 0) is 4.74 Å². The van der Waals surface area contributed by atoms with Gasteiger partial charge in [0.1, 0.15) is 11.4 Å². The molecule has 5 nitrogen and oxygen atoms in total. The number of anilines is 1. The first-order valence-corrected chi connectivity index (χ1v) is 13.3. The van der Waals surface area contributed by atoms with Gasteiger partial charge in [-0.3, -0.25) is 9.69 Å². The summed E-state index contributed by atoms with van der Waals surface area (Å²) in [6, 6.07) is 25.8. The SMILES string of the molecule is COc1ccc2c(c1)/C(=C1\c3c(ccc4ccccc34)N(C(=O)OC(C)(C)C)C[C@@H]1C)c1ccccc1C2=O. The Kier molecular flexibility index (Phi) is 5.83. The number of ether oxygens (including phenoxy) is 2. The van der Waals surface area contributed by atoms with Crippen molar-refractivity contribution in [1.29, 1.82) is 0 Å². The number of nitrogens with zero attached hydrogens (tertiary/aromatic N) is 1. The van der Waals surface area contributed by atoms with Gasteiger partial charge in [-0.25, -0.2) is 4.79 Å². The van der Waals surface area contributed by atoms with Crippen LogP contribution in [0.15, 0.2) is 78.9 Å². The van der Waals surface area contributed by atoms with E-state index < -0.39 is 5.60 Å². The van der Waals surface area contributed by atoms with E-state index in [2.05, 4.69) is 25.1 Å². The zero-order valence-electron chi connectivity index (χ0n) is 22.9. The highest BCUT2D eigenvalue weighted by molar-refractivity contribution is 6.23. The summed E-state index contributed by atoms with van der Waals surface area (Å²) in [6.45, 7) is 8.24. The smallest absolute Gasteiger partial charge is 0.414 e. The van der Waals surface area contributed by atoms with Crippen LogP contribution in [0.3, 0.4) is 0 Å². The van der Waals surface area contributed by atoms with E-state index in [1.165, 1.54) is 0 Å². The van der Waals surface area contributed by atoms with E-state index in [0.29, 0.717) is 23.4 Å². The number of rotatable bonds is 1. The molecule has 5 heteroatoms. The third-order valence-corrected chi connectivity index (χ3v) is 7.48. The molecule has 4 aromatic carbocycles. The number of fused-ring (bicyclic) bond motifs is 5. The van der Waals surface area contributed by atoms with Gasteiger partial charge in [0, 0.05) is 29.2 Å². The van der Waals surface area contributed by atoms with E-state index in [1.54, 1.807) is 12.0 Å². The Hall–Kier alpha value is -4.38. The van der Waals surface area contributed by atoms with Crippen molar-refractivity contribution in [2.45, 2.75) is 33.3 Å². The molecule has 1 aliphatic heterocycles. The number of amides is 1. The van der Waals surface area contributed by atoms with E-state index >= 15 is 0 Å². The number of carbonyl (C=O) groups is 2. The second-order valence-corrected chi connectivity index (χ2v) is 11.2. The van der Waals surface area contributed by atoms with Crippen molar-refractivity contribution < 1.29 is 19.1 Å². The molecule has 6 rings (SSSR count). The van der Waals surface area contributed by atoms with Gasteiger partial charge in [0.15, 0.2) is 5.78 Å². The van der Waals surface area contributed by atoms with Crippen molar-refractivity contribution in [1.82, 2.24) is 0 Å². The first-order chi connectivity index (χ1) is 18.7. The first-order valence-electron chi connectivity index (χ1n) is 13.3. The van der Waals surface area contributed by atoms with Gasteiger partial charge < -0.3 is 9.47 Å². The molecule has 1 heterocycles. The molecule has 0 aromatic heterocycles. The Morgan fingerprint density at radius 1 is 0.872 bits per heavy atom. The third kappa shape index (κ3) is 4.09. The second-order valence-electron chi connectivity index (χ2n) is 11.2. The number of hydrogen-bond acceptors (Lipinski definition) is 4. The Morgan fingerprint density at radius 3 is 2.31 bits per heavy atom. The summed E-state index contributed by atoms with van der Waals surface area (Å²) in [5, 5.41) is 2.13. The van der Waals surface area contributed by atoms with Crippen molar-refractivity contribution in [3.63, 3.8) is 0 Å². The zero-order chi connectivity index (χ0) is 27.5. The summed E-state index contributed by atoms with van der Waals surface area (Å²) in [4.78, 5) is 28.9. The van der Waals surface area contributed by atoms with Gasteiger partial charge in [0.05, 0.1) is 12.8 Å². The molecule has 39 heavy (non-hydrogen) atoms. The van der Waals surface area contributed by atoms with Gasteiger partial charge in [-0.1, -0.05) is 61.5 Å². The molecule has 0 saturated heterocycles. The maximum atomic E-state index is 13.6. The molecule has 0 bridgehead atoms. The monoisotopic (exact) mass is 517 g/mol. The molecular weight excluding hydrogens is 486 g/mol. The number of hydrogen-bond donors (Lipinski definition) is 0. The summed E-state index contributed by atoms with van der Waals surface area (Å²) in [5.41, 5.74) is 6.38. The first kappa shape index (κ1) is 24.9. The number of carbonyl (C=O) groups excluding carboxylic acids is 2. The highest BCUT2D eigenvalue weighted by atomic mass is 16.6. The van der Waals surface area contributed by atoms with Crippen LogP contribution < -0.4 is 9.64 Å². The van der Waals surface area contributed by atoms with E-state index in [-0.39, 0.29) is 17.8 Å². The standard InChI is InChI=1S/C34H31NO4/c1-20-19-35(33(37)39-34(2,3)4)28-17-14-21-10-6-7-11-23(21)31(28)29(20)30-24-12-8-9-13-25(24)32(36)26-16-15-22(38-5)18-27(26)30/h6-18,20H,19H2,1-5H3/b30-29-/t20-/m0/s1. The Balaban J connectivity index is 1.72. The van der Waals surface area contributed by atoms with Crippen molar-refractivity contribution in [2.24, 2.45) is 5.92 Å². The summed E-state index contributed by atoms with van der Waals surface area (Å²) < 4.78 is 11.4. The quantitative estimate of drug-likeness (QED) is 0.228. The molecule has 4 aromatic rings. The van der Waals surface area contributed by atoms with Gasteiger partial charge in [-0.15, -0.1) is 0 Å². The Bertz CT molecular complexity index is 1690. The van der Waals surface area contributed by atoms with Crippen LogP contribution in [0, 0.1) is 5.92 Å². The predicted octanol–water partition coefficient (Wildman–Crippen LogP) is 7.74. The lowest BCUT2D eigenvalue weighted by molar-refractivity contribution is 0.0576. The third-order valence-electron chi connectivity index (χ3n) is 7.48. The predicted molar refractivity (Wildman–Crippen MR) is 155 cm³/mol. The van der Waals surface area contributed by atoms with Crippen molar-refractivity contribution in [3.8, 4) is 5.75 Å². The molecule has 0 unspecified atom stereocenters. The highest BCUT2D eigenvalue weighted by Crippen LogP contribution is 2.50. The van der Waals surface area contributed by atoms with Crippen LogP contribution >= 0.6 is 0 Å². The number of ketones is 1. The topological polar surface area (TPSA) is 55.8 Å². The molecule has 1 aliphatic carbocycles. The minimum atomic E-state index is -0.617. The molecule has 0 radical (unpaired) electrons. The molecule has 0 spiro atoms. The fraction of sp³-hybridized carbons (Fsp3) is 0.235. The lowest BCUT2D eigenvalue weighted by Gasteiger charge is -2.38. The van der Waals surface area contributed by atoms with Gasteiger partial charge in [0.2, 0.25) is 0 Å². The van der Waals surface area contributed by atoms with Crippen molar-refractivity contribution >= 4 is 39.5 Å². The average Bonchev–Trinajstić information content (AvgIpc) is 2.92. The lowest BCUT2D eigenvalue weighted by Crippen LogP contribution is -2.42. The summed E-state index contributed by atoms with van der Waals surface area (Å²) in [5.74, 6) is 0.645. The van der Waals surface area contributed by atoms with Crippen LogP contribution in [0.25, 0.3) is 21.9 Å². The highest BCUT2D eigenvalue weighted by Gasteiger charge is 2.38. The summed E-state index contributed by atoms with van der Waals surface area (Å²) in [6.07, 6.45) is -0.365. The van der Waals surface area contributed by atoms with E-state index in [1.807, 2.05) is 81.4 Å². The lowest BCUT2D eigenvalue weighted by atomic mass is 9.73. The molecule has 196 valence electrons. The Morgan fingerprint density at radius 2 is 1.56 bits per heavy atom. The van der Waals surface area contributed by atoms with Gasteiger partial charge in [0.25, 0.3) is 0 Å². The van der Waals surface area contributed by atoms with E-state index in [0.717, 1.165) is 44.3 Å². The van der Waals surface area contributed by atoms with Crippen LogP contribution in [0.4, 0.5) is 10.5 Å². The van der Waals surface area contributed by atoms with Crippen LogP contribution in [0.2, 0.25) is 0 Å². The van der Waals surface area contributed by atoms with Crippen molar-refractivity contribution in [3.05, 3.63) is 107 Å². The largest absolute Gasteiger partial charge is 0.497 e. The summed E-state index contributed by atoms with van der Waals surface area (Å²) in [7, 11) is 1.64. The molecule has 0 N–H and O–H groups in total. The van der Waals surface area contributed by atoms with E-state index in [9.17, 15) is 9.59 Å². The van der Waals surface area contributed by atoms with Gasteiger partial charge >= 0.3 is 6.09 Å². The van der Waals surface area contributed by atoms with E-state index in [4.69, 9.17) is 9.47 Å². The molecule has 0 fully saturated rings. The number of benzene rings is 4. The fourth-order valence-corrected chi connectivity index (χ4v) is 5.87.